The second-order valence-corrected chi connectivity index (χ2v) is 6.08. The Hall–Kier alpha value is -2.58. The lowest BCUT2D eigenvalue weighted by Gasteiger charge is -2.19. The van der Waals surface area contributed by atoms with Crippen LogP contribution in [0.5, 0.6) is 0 Å². The predicted octanol–water partition coefficient (Wildman–Crippen LogP) is 3.89. The summed E-state index contributed by atoms with van der Waals surface area (Å²) in [6, 6.07) is 12.1. The van der Waals surface area contributed by atoms with Gasteiger partial charge in [-0.3, -0.25) is 9.27 Å². The Morgan fingerprint density at radius 2 is 1.84 bits per heavy atom. The van der Waals surface area contributed by atoms with Gasteiger partial charge >= 0.3 is 5.97 Å². The summed E-state index contributed by atoms with van der Waals surface area (Å²) < 4.78 is 22.8. The van der Waals surface area contributed by atoms with Crippen LogP contribution in [0.15, 0.2) is 42.5 Å². The molecule has 2 rings (SSSR count). The van der Waals surface area contributed by atoms with Crippen LogP contribution < -0.4 is 15.4 Å². The third-order valence-corrected chi connectivity index (χ3v) is 3.87. The molecule has 25 heavy (non-hydrogen) atoms. The molecule has 0 spiro atoms. The molecule has 0 fully saturated rings. The fourth-order valence-electron chi connectivity index (χ4n) is 2.28. The number of hydrogen-bond donors (Lipinski definition) is 5. The molecular formula is C17H21N3O4S. The highest BCUT2D eigenvalue weighted by Crippen LogP contribution is 2.35. The van der Waals surface area contributed by atoms with Crippen molar-refractivity contribution >= 4 is 40.0 Å². The van der Waals surface area contributed by atoms with E-state index in [0.717, 1.165) is 18.5 Å². The first-order valence-electron chi connectivity index (χ1n) is 7.86. The number of carboxylic acid groups (broad SMARTS) is 1. The van der Waals surface area contributed by atoms with Gasteiger partial charge in [0.15, 0.2) is 0 Å². The molecule has 0 aliphatic heterocycles. The second-order valence-electron chi connectivity index (χ2n) is 5.37. The molecule has 2 aromatic rings. The van der Waals surface area contributed by atoms with Crippen LogP contribution in [0, 0.1) is 0 Å². The number of hydrogen-bond acceptors (Lipinski definition) is 4. The number of anilines is 4. The summed E-state index contributed by atoms with van der Waals surface area (Å²) in [5, 5.41) is 15.7. The molecule has 5 N–H and O–H groups in total. The first kappa shape index (κ1) is 18.8. The molecule has 0 bridgehead atoms. The number of para-hydroxylation sites is 1. The molecule has 0 radical (unpaired) electrons. The van der Waals surface area contributed by atoms with Gasteiger partial charge in [-0.05, 0) is 30.7 Å². The average Bonchev–Trinajstić information content (AvgIpc) is 2.57. The molecule has 1 atom stereocenters. The van der Waals surface area contributed by atoms with E-state index in [9.17, 15) is 18.7 Å². The molecule has 0 aromatic heterocycles. The number of nitrogens with one attached hydrogen (secondary N) is 3. The van der Waals surface area contributed by atoms with E-state index in [0.29, 0.717) is 17.9 Å². The molecule has 7 nitrogen and oxygen atoms in total. The number of carbonyl (C=O) groups is 1. The Bertz CT molecular complexity index is 753. The SMILES string of the molecule is CCCCNc1cc(C(=O)O)cc(NS(=O)O)c1Nc1ccccc1. The third kappa shape index (κ3) is 5.47. The number of rotatable bonds is 9. The van der Waals surface area contributed by atoms with Crippen LogP contribution in [0.25, 0.3) is 0 Å². The minimum Gasteiger partial charge on any atom is -0.478 e. The van der Waals surface area contributed by atoms with Gasteiger partial charge in [0, 0.05) is 12.2 Å². The maximum absolute atomic E-state index is 11.4. The van der Waals surface area contributed by atoms with Crippen molar-refractivity contribution in [2.45, 2.75) is 19.8 Å². The Labute approximate surface area is 148 Å². The van der Waals surface area contributed by atoms with E-state index in [4.69, 9.17) is 0 Å². The van der Waals surface area contributed by atoms with Crippen LogP contribution in [0.4, 0.5) is 22.7 Å². The van der Waals surface area contributed by atoms with Crippen LogP contribution >= 0.6 is 0 Å². The van der Waals surface area contributed by atoms with Crippen LogP contribution in [0.3, 0.4) is 0 Å². The first-order chi connectivity index (χ1) is 12.0. The van der Waals surface area contributed by atoms with Crippen molar-refractivity contribution in [1.82, 2.24) is 0 Å². The summed E-state index contributed by atoms with van der Waals surface area (Å²) in [6.45, 7) is 2.71. The van der Waals surface area contributed by atoms with Gasteiger partial charge < -0.3 is 15.7 Å². The summed E-state index contributed by atoms with van der Waals surface area (Å²) >= 11 is -2.33. The Kier molecular flexibility index (Phi) is 6.79. The van der Waals surface area contributed by atoms with Gasteiger partial charge in [-0.15, -0.1) is 0 Å². The van der Waals surface area contributed by atoms with Crippen molar-refractivity contribution < 1.29 is 18.7 Å². The van der Waals surface area contributed by atoms with Crippen molar-refractivity contribution in [3.05, 3.63) is 48.0 Å². The van der Waals surface area contributed by atoms with Gasteiger partial charge in [0.1, 0.15) is 0 Å². The molecule has 0 aliphatic rings. The summed E-state index contributed by atoms with van der Waals surface area (Å²) in [7, 11) is 0. The average molecular weight is 363 g/mol. The van der Waals surface area contributed by atoms with E-state index in [1.165, 1.54) is 12.1 Å². The number of benzene rings is 2. The smallest absolute Gasteiger partial charge is 0.335 e. The van der Waals surface area contributed by atoms with E-state index in [1.807, 2.05) is 30.3 Å². The molecular weight excluding hydrogens is 342 g/mol. The summed E-state index contributed by atoms with van der Waals surface area (Å²) in [5.74, 6) is -1.11. The normalized spacial score (nSPS) is 11.6. The molecule has 0 aliphatic carbocycles. The minimum atomic E-state index is -2.33. The predicted molar refractivity (Wildman–Crippen MR) is 101 cm³/mol. The Morgan fingerprint density at radius 1 is 1.16 bits per heavy atom. The summed E-state index contributed by atoms with van der Waals surface area (Å²) in [6.07, 6.45) is 1.90. The Morgan fingerprint density at radius 3 is 2.44 bits per heavy atom. The molecule has 2 aromatic carbocycles. The lowest BCUT2D eigenvalue weighted by molar-refractivity contribution is 0.0697. The lowest BCUT2D eigenvalue weighted by atomic mass is 10.1. The number of carboxylic acids is 1. The molecule has 1 unspecified atom stereocenters. The number of aromatic carboxylic acids is 1. The second kappa shape index (κ2) is 9.05. The highest BCUT2D eigenvalue weighted by Gasteiger charge is 2.16. The van der Waals surface area contributed by atoms with Crippen molar-refractivity contribution in [3.8, 4) is 0 Å². The van der Waals surface area contributed by atoms with Gasteiger partial charge in [0.2, 0.25) is 0 Å². The van der Waals surface area contributed by atoms with Crippen LogP contribution in [0.2, 0.25) is 0 Å². The first-order valence-corrected chi connectivity index (χ1v) is 8.96. The summed E-state index contributed by atoms with van der Waals surface area (Å²) in [4.78, 5) is 11.4. The monoisotopic (exact) mass is 363 g/mol. The van der Waals surface area contributed by atoms with E-state index in [1.54, 1.807) is 0 Å². The zero-order valence-electron chi connectivity index (χ0n) is 13.8. The Balaban J connectivity index is 2.48. The molecule has 0 saturated carbocycles. The third-order valence-electron chi connectivity index (χ3n) is 3.47. The van der Waals surface area contributed by atoms with Gasteiger partial charge in [0.25, 0.3) is 11.3 Å². The zero-order chi connectivity index (χ0) is 18.2. The molecule has 0 amide bonds. The number of unbranched alkanes of at least 4 members (excludes halogenated alkanes) is 1. The maximum atomic E-state index is 11.4. The van der Waals surface area contributed by atoms with Crippen LogP contribution in [-0.4, -0.2) is 26.4 Å². The summed E-state index contributed by atoms with van der Waals surface area (Å²) in [5.41, 5.74) is 2.07. The van der Waals surface area contributed by atoms with E-state index in [-0.39, 0.29) is 11.3 Å². The molecule has 0 heterocycles. The maximum Gasteiger partial charge on any atom is 0.335 e. The van der Waals surface area contributed by atoms with E-state index >= 15 is 0 Å². The van der Waals surface area contributed by atoms with Crippen molar-refractivity contribution in [2.75, 3.05) is 21.9 Å². The standard InChI is InChI=1S/C17H21N3O4S/c1-2-3-9-18-14-10-12(17(21)22)11-15(20-25(23)24)16(14)19-13-7-5-4-6-8-13/h4-8,10-11,18-20H,2-3,9H2,1H3,(H,21,22)(H,23,24). The fraction of sp³-hybridized carbons (Fsp3) is 0.235. The van der Waals surface area contributed by atoms with Gasteiger partial charge in [-0.2, -0.15) is 0 Å². The van der Waals surface area contributed by atoms with Gasteiger partial charge in [-0.1, -0.05) is 31.5 Å². The quantitative estimate of drug-likeness (QED) is 0.341. The topological polar surface area (TPSA) is 111 Å². The highest BCUT2D eigenvalue weighted by molar-refractivity contribution is 7.80. The van der Waals surface area contributed by atoms with Crippen molar-refractivity contribution in [2.24, 2.45) is 0 Å². The van der Waals surface area contributed by atoms with E-state index in [2.05, 4.69) is 22.3 Å². The van der Waals surface area contributed by atoms with Crippen LogP contribution in [0.1, 0.15) is 30.1 Å². The van der Waals surface area contributed by atoms with Crippen molar-refractivity contribution in [3.63, 3.8) is 0 Å². The minimum absolute atomic E-state index is 0.0190. The lowest BCUT2D eigenvalue weighted by Crippen LogP contribution is -2.11. The van der Waals surface area contributed by atoms with Crippen molar-refractivity contribution in [1.29, 1.82) is 0 Å². The largest absolute Gasteiger partial charge is 0.478 e. The van der Waals surface area contributed by atoms with E-state index < -0.39 is 17.2 Å². The zero-order valence-corrected chi connectivity index (χ0v) is 14.6. The molecule has 134 valence electrons. The highest BCUT2D eigenvalue weighted by atomic mass is 32.2. The van der Waals surface area contributed by atoms with Gasteiger partial charge in [0.05, 0.1) is 22.6 Å². The molecule has 0 saturated heterocycles. The van der Waals surface area contributed by atoms with Gasteiger partial charge in [-0.25, -0.2) is 9.00 Å². The fourth-order valence-corrected chi connectivity index (χ4v) is 2.63. The van der Waals surface area contributed by atoms with Crippen LogP contribution in [-0.2, 0) is 11.3 Å². The molecule has 8 heteroatoms.